The number of rotatable bonds is 2. The zero-order valence-corrected chi connectivity index (χ0v) is 10.4. The fourth-order valence-corrected chi connectivity index (χ4v) is 2.34. The normalized spacial score (nSPS) is 18.2. The Balaban J connectivity index is 2.03. The first-order chi connectivity index (χ1) is 8.57. The molecule has 0 amide bonds. The van der Waals surface area contributed by atoms with Crippen LogP contribution < -0.4 is 10.5 Å². The lowest BCUT2D eigenvalue weighted by atomic mass is 9.98. The minimum atomic E-state index is -0.424. The van der Waals surface area contributed by atoms with Gasteiger partial charge in [0.05, 0.1) is 6.04 Å². The van der Waals surface area contributed by atoms with E-state index in [2.05, 4.69) is 30.1 Å². The molecule has 18 heavy (non-hydrogen) atoms. The van der Waals surface area contributed by atoms with Crippen molar-refractivity contribution in [3.63, 3.8) is 0 Å². The molecule has 1 atom stereocenters. The Bertz CT molecular complexity index is 564. The summed E-state index contributed by atoms with van der Waals surface area (Å²) in [5.41, 5.74) is 8.05. The summed E-state index contributed by atoms with van der Waals surface area (Å²) in [5.74, 6) is 1.33. The molecule has 5 heteroatoms. The van der Waals surface area contributed by atoms with Gasteiger partial charge in [-0.3, -0.25) is 0 Å². The highest BCUT2D eigenvalue weighted by Gasteiger charge is 2.33. The number of nitrogens with two attached hydrogens (primary N) is 1. The van der Waals surface area contributed by atoms with E-state index in [1.165, 1.54) is 12.0 Å². The lowest BCUT2D eigenvalue weighted by Gasteiger charge is -2.19. The van der Waals surface area contributed by atoms with Gasteiger partial charge >= 0.3 is 0 Å². The van der Waals surface area contributed by atoms with Gasteiger partial charge in [0.2, 0.25) is 6.39 Å². The monoisotopic (exact) mass is 245 g/mol. The molecule has 1 aliphatic heterocycles. The van der Waals surface area contributed by atoms with Gasteiger partial charge in [0.15, 0.2) is 5.82 Å². The fourth-order valence-electron chi connectivity index (χ4n) is 2.34. The molecule has 1 unspecified atom stereocenters. The number of hydrogen-bond donors (Lipinski definition) is 1. The molecule has 1 aromatic heterocycles. The molecule has 0 radical (unpaired) electrons. The number of benzene rings is 1. The van der Waals surface area contributed by atoms with Crippen molar-refractivity contribution in [3.8, 4) is 5.75 Å². The first kappa shape index (κ1) is 11.2. The maximum Gasteiger partial charge on any atom is 0.213 e. The highest BCUT2D eigenvalue weighted by atomic mass is 16.5. The van der Waals surface area contributed by atoms with Crippen LogP contribution >= 0.6 is 0 Å². The van der Waals surface area contributed by atoms with E-state index < -0.39 is 6.04 Å². The molecule has 2 aromatic rings. The molecule has 1 aliphatic rings. The minimum absolute atomic E-state index is 0.185. The maximum absolute atomic E-state index is 6.16. The Morgan fingerprint density at radius 3 is 2.94 bits per heavy atom. The predicted molar refractivity (Wildman–Crippen MR) is 65.2 cm³/mol. The zero-order valence-electron chi connectivity index (χ0n) is 10.4. The number of aromatic nitrogens is 2. The van der Waals surface area contributed by atoms with Gasteiger partial charge in [-0.2, -0.15) is 4.98 Å². The van der Waals surface area contributed by atoms with Crippen molar-refractivity contribution in [2.24, 2.45) is 5.73 Å². The summed E-state index contributed by atoms with van der Waals surface area (Å²) in [6.07, 6.45) is 2.16. The number of ether oxygens (including phenoxy) is 1. The molecule has 94 valence electrons. The molecular formula is C13H15N3O2. The van der Waals surface area contributed by atoms with Crippen LogP contribution in [0.15, 0.2) is 29.1 Å². The van der Waals surface area contributed by atoms with E-state index in [9.17, 15) is 0 Å². The first-order valence-corrected chi connectivity index (χ1v) is 5.89. The SMILES string of the molecule is CC1(C)Cc2cccc(C(N)c3ncon3)c2O1. The van der Waals surface area contributed by atoms with Crippen LogP contribution in [0, 0.1) is 0 Å². The van der Waals surface area contributed by atoms with E-state index in [0.717, 1.165) is 17.7 Å². The quantitative estimate of drug-likeness (QED) is 0.873. The van der Waals surface area contributed by atoms with Crippen molar-refractivity contribution in [3.05, 3.63) is 41.5 Å². The smallest absolute Gasteiger partial charge is 0.213 e. The summed E-state index contributed by atoms with van der Waals surface area (Å²) in [6.45, 7) is 4.13. The van der Waals surface area contributed by atoms with E-state index >= 15 is 0 Å². The van der Waals surface area contributed by atoms with Gasteiger partial charge in [-0.25, -0.2) is 0 Å². The maximum atomic E-state index is 6.16. The van der Waals surface area contributed by atoms with E-state index in [1.807, 2.05) is 12.1 Å². The number of fused-ring (bicyclic) bond motifs is 1. The van der Waals surface area contributed by atoms with E-state index in [-0.39, 0.29) is 5.60 Å². The third kappa shape index (κ3) is 1.76. The van der Waals surface area contributed by atoms with Crippen LogP contribution in [0.25, 0.3) is 0 Å². The van der Waals surface area contributed by atoms with E-state index in [1.54, 1.807) is 0 Å². The number of nitrogens with zero attached hydrogens (tertiary/aromatic N) is 2. The molecule has 0 saturated heterocycles. The average molecular weight is 245 g/mol. The van der Waals surface area contributed by atoms with Crippen molar-refractivity contribution in [2.45, 2.75) is 31.9 Å². The van der Waals surface area contributed by atoms with Crippen LogP contribution in [-0.2, 0) is 6.42 Å². The molecule has 2 heterocycles. The Labute approximate surface area is 105 Å². The van der Waals surface area contributed by atoms with Crippen molar-refractivity contribution in [2.75, 3.05) is 0 Å². The largest absolute Gasteiger partial charge is 0.487 e. The van der Waals surface area contributed by atoms with Crippen molar-refractivity contribution < 1.29 is 9.26 Å². The van der Waals surface area contributed by atoms with Gasteiger partial charge in [-0.1, -0.05) is 23.4 Å². The van der Waals surface area contributed by atoms with Crippen LogP contribution in [0.1, 0.15) is 36.8 Å². The summed E-state index contributed by atoms with van der Waals surface area (Å²) in [6, 6.07) is 5.57. The third-order valence-electron chi connectivity index (χ3n) is 3.11. The minimum Gasteiger partial charge on any atom is -0.487 e. The van der Waals surface area contributed by atoms with Crippen LogP contribution in [0.4, 0.5) is 0 Å². The lowest BCUT2D eigenvalue weighted by Crippen LogP contribution is -2.25. The Morgan fingerprint density at radius 2 is 2.22 bits per heavy atom. The van der Waals surface area contributed by atoms with Gasteiger partial charge in [-0.05, 0) is 19.4 Å². The fraction of sp³-hybridized carbons (Fsp3) is 0.385. The molecule has 5 nitrogen and oxygen atoms in total. The molecule has 0 aliphatic carbocycles. The van der Waals surface area contributed by atoms with Crippen molar-refractivity contribution in [1.29, 1.82) is 0 Å². The summed E-state index contributed by atoms with van der Waals surface area (Å²) in [4.78, 5) is 4.00. The Hall–Kier alpha value is -1.88. The highest BCUT2D eigenvalue weighted by Crippen LogP contribution is 2.40. The highest BCUT2D eigenvalue weighted by molar-refractivity contribution is 5.48. The summed E-state index contributed by atoms with van der Waals surface area (Å²) in [7, 11) is 0. The molecule has 1 aromatic carbocycles. The van der Waals surface area contributed by atoms with Gasteiger partial charge in [0.25, 0.3) is 0 Å². The van der Waals surface area contributed by atoms with Crippen LogP contribution in [-0.4, -0.2) is 15.7 Å². The van der Waals surface area contributed by atoms with Crippen LogP contribution in [0.5, 0.6) is 5.75 Å². The molecular weight excluding hydrogens is 230 g/mol. The van der Waals surface area contributed by atoms with Gasteiger partial charge < -0.3 is 15.0 Å². The molecule has 3 rings (SSSR count). The summed E-state index contributed by atoms with van der Waals surface area (Å²) >= 11 is 0. The zero-order chi connectivity index (χ0) is 12.8. The Morgan fingerprint density at radius 1 is 1.39 bits per heavy atom. The Kier molecular flexibility index (Phi) is 2.38. The van der Waals surface area contributed by atoms with Crippen LogP contribution in [0.2, 0.25) is 0 Å². The van der Waals surface area contributed by atoms with Gasteiger partial charge in [0.1, 0.15) is 11.4 Å². The molecule has 0 bridgehead atoms. The van der Waals surface area contributed by atoms with Gasteiger partial charge in [0, 0.05) is 12.0 Å². The van der Waals surface area contributed by atoms with Crippen molar-refractivity contribution in [1.82, 2.24) is 10.1 Å². The summed E-state index contributed by atoms with van der Waals surface area (Å²) < 4.78 is 10.7. The first-order valence-electron chi connectivity index (χ1n) is 5.89. The average Bonchev–Trinajstić information content (AvgIpc) is 2.91. The van der Waals surface area contributed by atoms with Crippen molar-refractivity contribution >= 4 is 0 Å². The van der Waals surface area contributed by atoms with Gasteiger partial charge in [-0.15, -0.1) is 0 Å². The van der Waals surface area contributed by atoms with E-state index in [4.69, 9.17) is 15.0 Å². The molecule has 0 fully saturated rings. The predicted octanol–water partition coefficient (Wildman–Crippen LogP) is 1.83. The molecule has 0 saturated carbocycles. The van der Waals surface area contributed by atoms with E-state index in [0.29, 0.717) is 5.82 Å². The second-order valence-electron chi connectivity index (χ2n) is 5.14. The molecule has 0 spiro atoms. The number of hydrogen-bond acceptors (Lipinski definition) is 5. The number of para-hydroxylation sites is 1. The lowest BCUT2D eigenvalue weighted by molar-refractivity contribution is 0.137. The topological polar surface area (TPSA) is 74.2 Å². The summed E-state index contributed by atoms with van der Waals surface area (Å²) in [5, 5.41) is 3.79. The molecule has 2 N–H and O–H groups in total. The standard InChI is InChI=1S/C13H15N3O2/c1-13(2)6-8-4-3-5-9(11(8)18-13)10(14)12-15-7-17-16-12/h3-5,7,10H,6,14H2,1-2H3. The van der Waals surface area contributed by atoms with Crippen LogP contribution in [0.3, 0.4) is 0 Å². The second-order valence-corrected chi connectivity index (χ2v) is 5.14. The second kappa shape index (κ2) is 3.81. The third-order valence-corrected chi connectivity index (χ3v) is 3.11.